The molecule has 1 aromatic carbocycles. The van der Waals surface area contributed by atoms with Crippen molar-refractivity contribution in [1.29, 1.82) is 0 Å². The Morgan fingerprint density at radius 3 is 2.33 bits per heavy atom. The highest BCUT2D eigenvalue weighted by Crippen LogP contribution is 2.44. The molecule has 1 fully saturated rings. The number of amides is 2. The number of hydrogen-bond acceptors (Lipinski definition) is 6. The summed E-state index contributed by atoms with van der Waals surface area (Å²) in [6.07, 6.45) is 7.65. The smallest absolute Gasteiger partial charge is 0.410 e. The van der Waals surface area contributed by atoms with Gasteiger partial charge >= 0.3 is 6.09 Å². The lowest BCUT2D eigenvalue weighted by Gasteiger charge is -2.43. The Balaban J connectivity index is 1.60. The van der Waals surface area contributed by atoms with E-state index in [0.717, 1.165) is 27.8 Å². The van der Waals surface area contributed by atoms with Crippen molar-refractivity contribution in [2.45, 2.75) is 109 Å². The molecule has 4 rings (SSSR count). The predicted octanol–water partition coefficient (Wildman–Crippen LogP) is 7.06. The molecule has 3 atom stereocenters. The van der Waals surface area contributed by atoms with Crippen molar-refractivity contribution in [1.82, 2.24) is 14.8 Å². The van der Waals surface area contributed by atoms with Crippen molar-refractivity contribution in [3.63, 3.8) is 0 Å². The fourth-order valence-corrected chi connectivity index (χ4v) is 6.91. The van der Waals surface area contributed by atoms with E-state index in [4.69, 9.17) is 9.16 Å². The molecule has 2 aromatic heterocycles. The monoisotopic (exact) mass is 646 g/mol. The molecule has 1 saturated heterocycles. The number of aromatic nitrogens is 2. The lowest BCUT2D eigenvalue weighted by Crippen LogP contribution is -2.51. The first-order valence-electron chi connectivity index (χ1n) is 16.1. The normalized spacial score (nSPS) is 17.9. The summed E-state index contributed by atoms with van der Waals surface area (Å²) in [4.78, 5) is 34.8. The zero-order valence-electron chi connectivity index (χ0n) is 28.8. The van der Waals surface area contributed by atoms with Crippen LogP contribution in [-0.2, 0) is 22.1 Å². The topological polar surface area (TPSA) is 98.9 Å². The van der Waals surface area contributed by atoms with E-state index in [1.165, 1.54) is 6.20 Å². The van der Waals surface area contributed by atoms with Gasteiger partial charge in [0.2, 0.25) is 0 Å². The first-order chi connectivity index (χ1) is 21.4. The molecule has 0 saturated carbocycles. The van der Waals surface area contributed by atoms with Gasteiger partial charge in [-0.15, -0.1) is 0 Å². The number of carbonyl (C=O) groups excluding carboxylic acids is 2. The second-order valence-corrected chi connectivity index (χ2v) is 19.7. The third-order valence-electron chi connectivity index (χ3n) is 9.02. The van der Waals surface area contributed by atoms with Crippen LogP contribution in [0.1, 0.15) is 87.5 Å². The summed E-state index contributed by atoms with van der Waals surface area (Å²) in [6.45, 7) is 17.0. The van der Waals surface area contributed by atoms with Gasteiger partial charge in [0.05, 0.1) is 12.1 Å². The summed E-state index contributed by atoms with van der Waals surface area (Å²) in [6, 6.07) is 14.6. The Labute approximate surface area is 275 Å². The van der Waals surface area contributed by atoms with Gasteiger partial charge in [0.1, 0.15) is 5.60 Å². The van der Waals surface area contributed by atoms with Crippen LogP contribution in [-0.4, -0.2) is 59.8 Å². The standard InChI is InChI=1S/C36H50N4O5Si/c1-35(2,3)44-34(42)40-30(22-26-14-16-28(17-15-26)33(41)38(7)24-27-12-10-20-37-23-27)18-19-31(40)32(29-13-11-21-39(43)25-29)45-46(8,9)36(4,5)6/h10-17,20-21,23,25,30-32H,18-19,22,24H2,1-9H3/t30-,31+,32+/m0/s1. The Hall–Kier alpha value is -3.76. The molecule has 0 unspecified atom stereocenters. The largest absolute Gasteiger partial charge is 0.619 e. The molecular weight excluding hydrogens is 597 g/mol. The van der Waals surface area contributed by atoms with E-state index < -0.39 is 26.1 Å². The predicted molar refractivity (Wildman–Crippen MR) is 181 cm³/mol. The van der Waals surface area contributed by atoms with E-state index in [0.29, 0.717) is 24.9 Å². The van der Waals surface area contributed by atoms with Crippen molar-refractivity contribution >= 4 is 20.3 Å². The summed E-state index contributed by atoms with van der Waals surface area (Å²) >= 11 is 0. The maximum atomic E-state index is 13.9. The van der Waals surface area contributed by atoms with E-state index >= 15 is 0 Å². The van der Waals surface area contributed by atoms with Crippen LogP contribution >= 0.6 is 0 Å². The summed E-state index contributed by atoms with van der Waals surface area (Å²) in [7, 11) is -0.542. The number of nitrogens with zero attached hydrogens (tertiary/aromatic N) is 4. The first-order valence-corrected chi connectivity index (χ1v) is 19.0. The van der Waals surface area contributed by atoms with Gasteiger partial charge in [0.25, 0.3) is 5.91 Å². The van der Waals surface area contributed by atoms with Gasteiger partial charge in [-0.05, 0) is 93.6 Å². The van der Waals surface area contributed by atoms with E-state index in [2.05, 4.69) is 38.8 Å². The van der Waals surface area contributed by atoms with Crippen molar-refractivity contribution in [2.75, 3.05) is 7.05 Å². The Morgan fingerprint density at radius 1 is 1.04 bits per heavy atom. The molecule has 10 heteroatoms. The van der Waals surface area contributed by atoms with Crippen LogP contribution in [0.15, 0.2) is 73.3 Å². The maximum Gasteiger partial charge on any atom is 0.410 e. The molecule has 0 spiro atoms. The molecule has 0 N–H and O–H groups in total. The lowest BCUT2D eigenvalue weighted by molar-refractivity contribution is -0.606. The van der Waals surface area contributed by atoms with Crippen LogP contribution < -0.4 is 4.73 Å². The summed E-state index contributed by atoms with van der Waals surface area (Å²) in [5, 5.41) is 12.4. The van der Waals surface area contributed by atoms with Gasteiger partial charge in [-0.1, -0.05) is 39.0 Å². The van der Waals surface area contributed by atoms with Crippen LogP contribution in [0.2, 0.25) is 18.1 Å². The molecule has 3 aromatic rings. The molecule has 9 nitrogen and oxygen atoms in total. The van der Waals surface area contributed by atoms with Crippen LogP contribution in [0.3, 0.4) is 0 Å². The third-order valence-corrected chi connectivity index (χ3v) is 13.5. The summed E-state index contributed by atoms with van der Waals surface area (Å²) < 4.78 is 13.8. The van der Waals surface area contributed by atoms with Crippen LogP contribution in [0.25, 0.3) is 0 Å². The van der Waals surface area contributed by atoms with Crippen molar-refractivity contribution in [3.05, 3.63) is 101 Å². The third kappa shape index (κ3) is 8.73. The van der Waals surface area contributed by atoms with Gasteiger partial charge in [-0.3, -0.25) is 14.7 Å². The zero-order chi connectivity index (χ0) is 33.9. The maximum absolute atomic E-state index is 13.9. The van der Waals surface area contributed by atoms with Gasteiger partial charge in [0.15, 0.2) is 20.7 Å². The van der Waals surface area contributed by atoms with Gasteiger partial charge < -0.3 is 19.3 Å². The number of hydrogen-bond donors (Lipinski definition) is 0. The van der Waals surface area contributed by atoms with Gasteiger partial charge in [-0.2, -0.15) is 4.73 Å². The molecule has 1 aliphatic rings. The lowest BCUT2D eigenvalue weighted by atomic mass is 10.0. The fraction of sp³-hybridized carbons (Fsp3) is 0.500. The second kappa shape index (κ2) is 13.9. The summed E-state index contributed by atoms with van der Waals surface area (Å²) in [5.74, 6) is -0.0733. The molecule has 0 aliphatic carbocycles. The van der Waals surface area contributed by atoms with Gasteiger partial charge in [0, 0.05) is 49.2 Å². The molecule has 46 heavy (non-hydrogen) atoms. The van der Waals surface area contributed by atoms with Crippen molar-refractivity contribution in [2.24, 2.45) is 0 Å². The molecule has 0 radical (unpaired) electrons. The Kier molecular flexibility index (Phi) is 10.6. The Bertz CT molecular complexity index is 1480. The van der Waals surface area contributed by atoms with Crippen LogP contribution in [0.4, 0.5) is 4.79 Å². The zero-order valence-corrected chi connectivity index (χ0v) is 29.8. The number of pyridine rings is 2. The molecular formula is C36H50N4O5Si. The minimum absolute atomic E-state index is 0.0733. The van der Waals surface area contributed by atoms with E-state index in [1.54, 1.807) is 36.6 Å². The molecule has 1 aliphatic heterocycles. The minimum Gasteiger partial charge on any atom is -0.619 e. The average molecular weight is 647 g/mol. The number of benzene rings is 1. The first kappa shape index (κ1) is 35.1. The number of likely N-dealkylation sites (tertiary alicyclic amines) is 1. The van der Waals surface area contributed by atoms with Gasteiger partial charge in [-0.25, -0.2) is 4.79 Å². The van der Waals surface area contributed by atoms with E-state index in [9.17, 15) is 14.8 Å². The molecule has 248 valence electrons. The van der Waals surface area contributed by atoms with E-state index in [1.807, 2.05) is 68.1 Å². The highest BCUT2D eigenvalue weighted by molar-refractivity contribution is 6.74. The summed E-state index contributed by atoms with van der Waals surface area (Å²) in [5.41, 5.74) is 2.65. The van der Waals surface area contributed by atoms with E-state index in [-0.39, 0.29) is 23.0 Å². The number of carbonyl (C=O) groups is 2. The Morgan fingerprint density at radius 2 is 1.74 bits per heavy atom. The second-order valence-electron chi connectivity index (χ2n) is 14.9. The quantitative estimate of drug-likeness (QED) is 0.140. The highest BCUT2D eigenvalue weighted by Gasteiger charge is 2.48. The van der Waals surface area contributed by atoms with Crippen molar-refractivity contribution in [3.8, 4) is 0 Å². The molecule has 2 amide bonds. The van der Waals surface area contributed by atoms with Crippen LogP contribution in [0, 0.1) is 5.21 Å². The number of rotatable bonds is 9. The minimum atomic E-state index is -2.32. The SMILES string of the molecule is CN(Cc1cccnc1)C(=O)c1ccc(C[C@@H]2CC[C@H]([C@H](O[Si](C)(C)C(C)(C)C)c3ccc[n+]([O-])c3)N2C(=O)OC(C)(C)C)cc1. The number of ether oxygens (including phenoxy) is 1. The fourth-order valence-electron chi connectivity index (χ4n) is 5.63. The molecule has 3 heterocycles. The highest BCUT2D eigenvalue weighted by atomic mass is 28.4. The van der Waals surface area contributed by atoms with Crippen LogP contribution in [0.5, 0.6) is 0 Å². The average Bonchev–Trinajstić information content (AvgIpc) is 3.38. The molecule has 0 bridgehead atoms. The van der Waals surface area contributed by atoms with Crippen molar-refractivity contribution < 1.29 is 23.5 Å².